The predicted molar refractivity (Wildman–Crippen MR) is 63.4 cm³/mol. The third-order valence-electron chi connectivity index (χ3n) is 3.02. The fraction of sp³-hybridized carbons (Fsp3) is 0.636. The number of aromatic nitrogens is 2. The fourth-order valence-corrected chi connectivity index (χ4v) is 2.07. The van der Waals surface area contributed by atoms with Crippen molar-refractivity contribution >= 4 is 11.6 Å². The molecule has 3 N–H and O–H groups in total. The van der Waals surface area contributed by atoms with Gasteiger partial charge in [0.15, 0.2) is 0 Å². The highest BCUT2D eigenvalue weighted by Crippen LogP contribution is 2.28. The molecule has 88 valence electrons. The molecule has 1 aliphatic heterocycles. The maximum absolute atomic E-state index is 9.94. The average molecular weight is 222 g/mol. The first-order chi connectivity index (χ1) is 7.39. The molecule has 16 heavy (non-hydrogen) atoms. The maximum Gasteiger partial charge on any atom is 0.137 e. The predicted octanol–water partition coefficient (Wildman–Crippen LogP) is 0.637. The second-order valence-corrected chi connectivity index (χ2v) is 4.77. The number of nitrogens with zero attached hydrogens (tertiary/aromatic N) is 3. The lowest BCUT2D eigenvalue weighted by atomic mass is 10.1. The molecule has 0 bridgehead atoms. The minimum atomic E-state index is -0.625. The molecule has 0 aliphatic carbocycles. The number of aryl methyl sites for hydroxylation is 1. The van der Waals surface area contributed by atoms with Gasteiger partial charge in [0.05, 0.1) is 5.60 Å². The summed E-state index contributed by atoms with van der Waals surface area (Å²) < 4.78 is 0. The molecule has 1 unspecified atom stereocenters. The first-order valence-corrected chi connectivity index (χ1v) is 5.47. The number of nitrogens with two attached hydrogens (primary N) is 1. The summed E-state index contributed by atoms with van der Waals surface area (Å²) in [5, 5.41) is 9.94. The minimum absolute atomic E-state index is 0.522. The van der Waals surface area contributed by atoms with E-state index in [9.17, 15) is 5.11 Å². The molecule has 0 amide bonds. The molecule has 2 heterocycles. The molecule has 1 fully saturated rings. The smallest absolute Gasteiger partial charge is 0.137 e. The van der Waals surface area contributed by atoms with Gasteiger partial charge in [-0.3, -0.25) is 0 Å². The molecule has 1 aromatic rings. The van der Waals surface area contributed by atoms with Gasteiger partial charge in [-0.15, -0.1) is 0 Å². The molecule has 1 aromatic heterocycles. The van der Waals surface area contributed by atoms with Crippen molar-refractivity contribution in [3.8, 4) is 0 Å². The van der Waals surface area contributed by atoms with Crippen LogP contribution in [0.5, 0.6) is 0 Å². The highest BCUT2D eigenvalue weighted by molar-refractivity contribution is 5.57. The van der Waals surface area contributed by atoms with Gasteiger partial charge in [-0.05, 0) is 27.2 Å². The zero-order valence-electron chi connectivity index (χ0n) is 9.99. The highest BCUT2D eigenvalue weighted by atomic mass is 16.3. The van der Waals surface area contributed by atoms with Crippen LogP contribution < -0.4 is 10.6 Å². The summed E-state index contributed by atoms with van der Waals surface area (Å²) in [5.74, 6) is 2.04. The number of hydrogen-bond acceptors (Lipinski definition) is 5. The van der Waals surface area contributed by atoms with Crippen molar-refractivity contribution in [2.45, 2.75) is 32.8 Å². The summed E-state index contributed by atoms with van der Waals surface area (Å²) >= 11 is 0. The van der Waals surface area contributed by atoms with Crippen LogP contribution in [0, 0.1) is 13.8 Å². The number of hydrogen-bond donors (Lipinski definition) is 2. The van der Waals surface area contributed by atoms with Crippen LogP contribution in [0.15, 0.2) is 0 Å². The summed E-state index contributed by atoms with van der Waals surface area (Å²) in [6.07, 6.45) is 0.759. The van der Waals surface area contributed by atoms with Gasteiger partial charge in [0.25, 0.3) is 0 Å². The Morgan fingerprint density at radius 1 is 1.38 bits per heavy atom. The van der Waals surface area contributed by atoms with E-state index >= 15 is 0 Å². The normalized spacial score (nSPS) is 25.1. The maximum atomic E-state index is 9.94. The number of aliphatic hydroxyl groups is 1. The van der Waals surface area contributed by atoms with Crippen LogP contribution in [-0.2, 0) is 0 Å². The van der Waals surface area contributed by atoms with Gasteiger partial charge in [0, 0.05) is 18.7 Å². The molecule has 0 saturated carbocycles. The lowest BCUT2D eigenvalue weighted by Gasteiger charge is -2.22. The van der Waals surface area contributed by atoms with Gasteiger partial charge in [-0.2, -0.15) is 0 Å². The van der Waals surface area contributed by atoms with Crippen molar-refractivity contribution in [1.82, 2.24) is 9.97 Å². The quantitative estimate of drug-likeness (QED) is 0.729. The van der Waals surface area contributed by atoms with Crippen molar-refractivity contribution in [2.24, 2.45) is 0 Å². The van der Waals surface area contributed by atoms with E-state index in [0.717, 1.165) is 24.3 Å². The van der Waals surface area contributed by atoms with E-state index in [-0.39, 0.29) is 0 Å². The Bertz CT molecular complexity index is 417. The molecule has 5 nitrogen and oxygen atoms in total. The molecule has 1 saturated heterocycles. The van der Waals surface area contributed by atoms with Crippen LogP contribution in [0.2, 0.25) is 0 Å². The lowest BCUT2D eigenvalue weighted by Crippen LogP contribution is -2.30. The van der Waals surface area contributed by atoms with Crippen LogP contribution in [0.1, 0.15) is 24.7 Å². The van der Waals surface area contributed by atoms with E-state index in [1.54, 1.807) is 0 Å². The van der Waals surface area contributed by atoms with Crippen molar-refractivity contribution in [3.05, 3.63) is 11.4 Å². The first-order valence-electron chi connectivity index (χ1n) is 5.47. The topological polar surface area (TPSA) is 75.3 Å². The van der Waals surface area contributed by atoms with Crippen molar-refractivity contribution < 1.29 is 5.11 Å². The van der Waals surface area contributed by atoms with Crippen LogP contribution in [-0.4, -0.2) is 33.8 Å². The molecule has 2 rings (SSSR count). The average Bonchev–Trinajstić information content (AvgIpc) is 2.52. The molecule has 1 aliphatic rings. The standard InChI is InChI=1S/C11H18N4O/c1-7-9(12)13-8(2)14-10(7)15-5-4-11(3,16)6-15/h16H,4-6H2,1-3H3,(H2,12,13,14). The molecule has 5 heteroatoms. The Balaban J connectivity index is 2.35. The number of β-amino-alcohol motifs (C(OH)–C–C–N with tert-alkyl or cyclic N) is 1. The monoisotopic (exact) mass is 222 g/mol. The Morgan fingerprint density at radius 3 is 2.62 bits per heavy atom. The zero-order chi connectivity index (χ0) is 11.9. The van der Waals surface area contributed by atoms with Gasteiger partial charge in [0.1, 0.15) is 17.5 Å². The summed E-state index contributed by atoms with van der Waals surface area (Å²) in [6, 6.07) is 0. The molecule has 0 radical (unpaired) electrons. The van der Waals surface area contributed by atoms with Gasteiger partial charge in [0.2, 0.25) is 0 Å². The Kier molecular flexibility index (Phi) is 2.50. The first kappa shape index (κ1) is 11.1. The SMILES string of the molecule is Cc1nc(N)c(C)c(N2CCC(C)(O)C2)n1. The van der Waals surface area contributed by atoms with E-state index in [2.05, 4.69) is 14.9 Å². The van der Waals surface area contributed by atoms with Crippen LogP contribution in [0.3, 0.4) is 0 Å². The number of anilines is 2. The highest BCUT2D eigenvalue weighted by Gasteiger charge is 2.33. The summed E-state index contributed by atoms with van der Waals surface area (Å²) in [7, 11) is 0. The number of nitrogen functional groups attached to an aromatic ring is 1. The lowest BCUT2D eigenvalue weighted by molar-refractivity contribution is 0.0839. The second kappa shape index (κ2) is 3.59. The number of rotatable bonds is 1. The largest absolute Gasteiger partial charge is 0.388 e. The van der Waals surface area contributed by atoms with E-state index < -0.39 is 5.60 Å². The minimum Gasteiger partial charge on any atom is -0.388 e. The van der Waals surface area contributed by atoms with E-state index in [1.807, 2.05) is 20.8 Å². The van der Waals surface area contributed by atoms with Gasteiger partial charge in [-0.1, -0.05) is 0 Å². The summed E-state index contributed by atoms with van der Waals surface area (Å²) in [4.78, 5) is 10.6. The molecule has 0 aromatic carbocycles. The third-order valence-corrected chi connectivity index (χ3v) is 3.02. The fourth-order valence-electron chi connectivity index (χ4n) is 2.07. The van der Waals surface area contributed by atoms with Crippen LogP contribution in [0.25, 0.3) is 0 Å². The van der Waals surface area contributed by atoms with Gasteiger partial charge < -0.3 is 15.7 Å². The summed E-state index contributed by atoms with van der Waals surface area (Å²) in [5.41, 5.74) is 6.08. The van der Waals surface area contributed by atoms with E-state index in [1.165, 1.54) is 0 Å². The molecular formula is C11H18N4O. The van der Waals surface area contributed by atoms with Gasteiger partial charge in [-0.25, -0.2) is 9.97 Å². The Hall–Kier alpha value is -1.36. The van der Waals surface area contributed by atoms with E-state index in [0.29, 0.717) is 18.2 Å². The van der Waals surface area contributed by atoms with Crippen molar-refractivity contribution in [1.29, 1.82) is 0 Å². The second-order valence-electron chi connectivity index (χ2n) is 4.77. The van der Waals surface area contributed by atoms with E-state index in [4.69, 9.17) is 5.73 Å². The zero-order valence-corrected chi connectivity index (χ0v) is 9.99. The Morgan fingerprint density at radius 2 is 2.06 bits per heavy atom. The summed E-state index contributed by atoms with van der Waals surface area (Å²) in [6.45, 7) is 7.00. The van der Waals surface area contributed by atoms with Gasteiger partial charge >= 0.3 is 0 Å². The van der Waals surface area contributed by atoms with Crippen molar-refractivity contribution in [2.75, 3.05) is 23.7 Å². The molecule has 0 spiro atoms. The molecular weight excluding hydrogens is 204 g/mol. The van der Waals surface area contributed by atoms with Crippen LogP contribution >= 0.6 is 0 Å². The molecule has 1 atom stereocenters. The third kappa shape index (κ3) is 1.95. The Labute approximate surface area is 95.3 Å². The van der Waals surface area contributed by atoms with Crippen LogP contribution in [0.4, 0.5) is 11.6 Å². The van der Waals surface area contributed by atoms with Crippen molar-refractivity contribution in [3.63, 3.8) is 0 Å².